The number of aromatic nitrogens is 2. The normalized spacial score (nSPS) is 11.1. The number of hydrogen-bond donors (Lipinski definition) is 0. The fourth-order valence-electron chi connectivity index (χ4n) is 10.5. The van der Waals surface area contributed by atoms with Gasteiger partial charge in [0, 0.05) is 91.8 Å². The van der Waals surface area contributed by atoms with Crippen molar-refractivity contribution in [1.29, 1.82) is 0 Å². The lowest BCUT2D eigenvalue weighted by Gasteiger charge is -2.28. The molecule has 0 saturated carbocycles. The smallest absolute Gasteiger partial charge is 0.0965 e. The second kappa shape index (κ2) is 21.4. The fourth-order valence-corrected chi connectivity index (χ4v) is 10.5. The lowest BCUT2D eigenvalue weighted by molar-refractivity contribution is 1.20. The van der Waals surface area contributed by atoms with Gasteiger partial charge in [-0.1, -0.05) is 158 Å². The average Bonchev–Trinajstić information content (AvgIpc) is 3.53. The molecule has 0 fully saturated rings. The number of para-hydroxylation sites is 4. The van der Waals surface area contributed by atoms with E-state index in [4.69, 9.17) is 9.97 Å². The molecule has 1 heterocycles. The maximum atomic E-state index is 4.98. The van der Waals surface area contributed by atoms with Gasteiger partial charge in [0.15, 0.2) is 0 Å². The molecule has 0 bridgehead atoms. The highest BCUT2D eigenvalue weighted by molar-refractivity contribution is 5.92. The molecule has 78 heavy (non-hydrogen) atoms. The maximum absolute atomic E-state index is 4.98. The fraction of sp³-hybridized carbons (Fsp3) is 0. The molecule has 1 aromatic heterocycles. The topological polar surface area (TPSA) is 38.7 Å². The van der Waals surface area contributed by atoms with E-state index in [0.29, 0.717) is 0 Å². The third-order valence-electron chi connectivity index (χ3n) is 14.3. The molecule has 0 amide bonds. The van der Waals surface area contributed by atoms with Gasteiger partial charge in [-0.05, 0) is 167 Å². The Balaban J connectivity index is 0.834. The molecule has 6 heteroatoms. The van der Waals surface area contributed by atoms with Crippen molar-refractivity contribution < 1.29 is 0 Å². The average molecular weight is 1000 g/mol. The summed E-state index contributed by atoms with van der Waals surface area (Å²) in [5.41, 5.74) is 16.3. The number of rotatable bonds is 14. The van der Waals surface area contributed by atoms with Crippen LogP contribution in [0.2, 0.25) is 0 Å². The molecule has 0 aliphatic heterocycles. The van der Waals surface area contributed by atoms with Gasteiger partial charge in [0.05, 0.1) is 11.4 Å². The van der Waals surface area contributed by atoms with Crippen molar-refractivity contribution >= 4 is 89.8 Å². The van der Waals surface area contributed by atoms with Crippen LogP contribution in [0.4, 0.5) is 68.2 Å². The monoisotopic (exact) mass is 1000 g/mol. The van der Waals surface area contributed by atoms with Crippen molar-refractivity contribution in [2.45, 2.75) is 0 Å². The highest BCUT2D eigenvalue weighted by Gasteiger charge is 2.20. The quantitative estimate of drug-likeness (QED) is 0.108. The predicted octanol–water partition coefficient (Wildman–Crippen LogP) is 20.0. The Morgan fingerprint density at radius 1 is 0.179 bits per heavy atom. The van der Waals surface area contributed by atoms with E-state index in [1.165, 1.54) is 21.5 Å². The Kier molecular flexibility index (Phi) is 12.9. The Morgan fingerprint density at radius 3 is 0.692 bits per heavy atom. The lowest BCUT2D eigenvalue weighted by Crippen LogP contribution is -2.12. The highest BCUT2D eigenvalue weighted by Crippen LogP contribution is 2.43. The zero-order valence-electron chi connectivity index (χ0n) is 42.7. The van der Waals surface area contributed by atoms with E-state index >= 15 is 0 Å². The van der Waals surface area contributed by atoms with E-state index in [0.717, 1.165) is 90.8 Å². The molecule has 13 aromatic rings. The van der Waals surface area contributed by atoms with Crippen LogP contribution in [0.1, 0.15) is 0 Å². The van der Waals surface area contributed by atoms with E-state index in [1.807, 2.05) is 0 Å². The van der Waals surface area contributed by atoms with Gasteiger partial charge in [-0.25, -0.2) is 0 Å². The van der Waals surface area contributed by atoms with Gasteiger partial charge >= 0.3 is 0 Å². The van der Waals surface area contributed by atoms with E-state index < -0.39 is 0 Å². The first kappa shape index (κ1) is 47.2. The molecule has 0 atom stereocenters. The van der Waals surface area contributed by atoms with Crippen molar-refractivity contribution in [2.75, 3.05) is 19.6 Å². The molecule has 0 radical (unpaired) electrons. The maximum Gasteiger partial charge on any atom is 0.0965 e. The van der Waals surface area contributed by atoms with Crippen molar-refractivity contribution in [3.05, 3.63) is 316 Å². The summed E-state index contributed by atoms with van der Waals surface area (Å²) in [4.78, 5) is 19.2. The summed E-state index contributed by atoms with van der Waals surface area (Å²) in [5.74, 6) is 0. The summed E-state index contributed by atoms with van der Waals surface area (Å²) >= 11 is 0. The molecule has 0 aliphatic carbocycles. The zero-order valence-corrected chi connectivity index (χ0v) is 42.7. The Bertz CT molecular complexity index is 3770. The molecule has 370 valence electrons. The van der Waals surface area contributed by atoms with Crippen LogP contribution in [0.25, 0.3) is 44.1 Å². The molecule has 13 rings (SSSR count). The minimum atomic E-state index is 0.809. The molecular formula is C72H52N6. The van der Waals surface area contributed by atoms with E-state index in [9.17, 15) is 0 Å². The SMILES string of the molecule is c1ccc(N(c2ccccc2)c2ccc(N(c3ccc(-c4nccnc4-c4ccc(N(c5ccc(N(c6ccccc6)c6ccccc6)cc5)c5ccc6ccccc6c5)cc4)cc3)c3ccc4ccccc4c3)cc2)cc1. The molecule has 6 nitrogen and oxygen atoms in total. The van der Waals surface area contributed by atoms with Crippen LogP contribution in [-0.4, -0.2) is 9.97 Å². The van der Waals surface area contributed by atoms with Gasteiger partial charge in [0.2, 0.25) is 0 Å². The second-order valence-corrected chi connectivity index (χ2v) is 19.1. The lowest BCUT2D eigenvalue weighted by atomic mass is 10.0. The minimum Gasteiger partial charge on any atom is -0.311 e. The number of benzene rings is 12. The van der Waals surface area contributed by atoms with Crippen LogP contribution in [0.15, 0.2) is 316 Å². The van der Waals surface area contributed by atoms with E-state index in [1.54, 1.807) is 12.4 Å². The van der Waals surface area contributed by atoms with Crippen LogP contribution >= 0.6 is 0 Å². The predicted molar refractivity (Wildman–Crippen MR) is 327 cm³/mol. The summed E-state index contributed by atoms with van der Waals surface area (Å²) < 4.78 is 0. The first-order valence-electron chi connectivity index (χ1n) is 26.3. The molecule has 0 aliphatic rings. The van der Waals surface area contributed by atoms with Gasteiger partial charge in [0.1, 0.15) is 0 Å². The number of fused-ring (bicyclic) bond motifs is 2. The highest BCUT2D eigenvalue weighted by atomic mass is 15.2. The van der Waals surface area contributed by atoms with Crippen molar-refractivity contribution in [1.82, 2.24) is 9.97 Å². The van der Waals surface area contributed by atoms with E-state index in [2.05, 4.69) is 323 Å². The third-order valence-corrected chi connectivity index (χ3v) is 14.3. The third kappa shape index (κ3) is 9.58. The van der Waals surface area contributed by atoms with Crippen LogP contribution in [0.5, 0.6) is 0 Å². The van der Waals surface area contributed by atoms with Gasteiger partial charge in [0.25, 0.3) is 0 Å². The van der Waals surface area contributed by atoms with Crippen LogP contribution in [0, 0.1) is 0 Å². The summed E-state index contributed by atoms with van der Waals surface area (Å²) in [6.07, 6.45) is 3.56. The number of hydrogen-bond acceptors (Lipinski definition) is 6. The molecule has 0 unspecified atom stereocenters. The summed E-state index contributed by atoms with van der Waals surface area (Å²) in [7, 11) is 0. The first-order valence-corrected chi connectivity index (χ1v) is 26.3. The van der Waals surface area contributed by atoms with Crippen LogP contribution in [-0.2, 0) is 0 Å². The van der Waals surface area contributed by atoms with Crippen LogP contribution in [0.3, 0.4) is 0 Å². The molecule has 0 N–H and O–H groups in total. The summed E-state index contributed by atoms with van der Waals surface area (Å²) in [6, 6.07) is 108. The summed E-state index contributed by atoms with van der Waals surface area (Å²) in [5, 5.41) is 4.74. The van der Waals surface area contributed by atoms with Gasteiger partial charge < -0.3 is 19.6 Å². The Hall–Kier alpha value is -10.6. The van der Waals surface area contributed by atoms with Gasteiger partial charge in [-0.3, -0.25) is 9.97 Å². The van der Waals surface area contributed by atoms with Crippen molar-refractivity contribution in [2.24, 2.45) is 0 Å². The molecular weight excluding hydrogens is 949 g/mol. The summed E-state index contributed by atoms with van der Waals surface area (Å²) in [6.45, 7) is 0. The van der Waals surface area contributed by atoms with Gasteiger partial charge in [-0.2, -0.15) is 0 Å². The molecule has 0 spiro atoms. The Labute approximate surface area is 455 Å². The largest absolute Gasteiger partial charge is 0.311 e. The molecule has 0 saturated heterocycles. The first-order chi connectivity index (χ1) is 38.7. The number of anilines is 12. The standard InChI is InChI=1S/C72H52N6/c1-5-21-59(22-6-1)75(60-23-7-2-8-24-60)65-41-45-67(46-42-65)77(69-39-29-53-17-13-15-19-57(53)51-69)63-35-31-55(32-36-63)71-72(74-50-49-73-71)56-33-37-64(38-34-56)78(70-40-30-54-18-14-16-20-58(54)52-70)68-47-43-66(44-48-68)76(61-25-9-3-10-26-61)62-27-11-4-12-28-62/h1-52H. The number of nitrogens with zero attached hydrogens (tertiary/aromatic N) is 6. The zero-order chi connectivity index (χ0) is 52.0. The van der Waals surface area contributed by atoms with E-state index in [-0.39, 0.29) is 0 Å². The van der Waals surface area contributed by atoms with Crippen LogP contribution < -0.4 is 19.6 Å². The second-order valence-electron chi connectivity index (χ2n) is 19.1. The van der Waals surface area contributed by atoms with Gasteiger partial charge in [-0.15, -0.1) is 0 Å². The van der Waals surface area contributed by atoms with Crippen molar-refractivity contribution in [3.8, 4) is 22.5 Å². The molecule has 12 aromatic carbocycles. The minimum absolute atomic E-state index is 0.809. The Morgan fingerprint density at radius 2 is 0.397 bits per heavy atom. The van der Waals surface area contributed by atoms with Crippen molar-refractivity contribution in [3.63, 3.8) is 0 Å².